The highest BCUT2D eigenvalue weighted by Gasteiger charge is 2.59. The Kier molecular flexibility index (Phi) is 5.95. The number of fused-ring (bicyclic) bond motifs is 3. The fraction of sp³-hybridized carbons (Fsp3) is 0.440. The zero-order valence-electron chi connectivity index (χ0n) is 19.8. The highest BCUT2D eigenvalue weighted by atomic mass is 16.5. The molecule has 1 aromatic rings. The molecule has 3 aliphatic carbocycles. The number of morpholine rings is 1. The van der Waals surface area contributed by atoms with E-state index in [4.69, 9.17) is 10.5 Å². The number of nitrogens with one attached hydrogen (secondary N) is 1. The molecule has 1 unspecified atom stereocenters. The Bertz CT molecular complexity index is 1290. The number of phenolic OH excluding ortho intramolecular Hbond substituents is 1. The normalized spacial score (nSPS) is 27.4. The van der Waals surface area contributed by atoms with Gasteiger partial charge >= 0.3 is 6.03 Å². The van der Waals surface area contributed by atoms with Crippen LogP contribution in [0.2, 0.25) is 0 Å². The van der Waals surface area contributed by atoms with Crippen LogP contribution in [-0.2, 0) is 27.3 Å². The van der Waals surface area contributed by atoms with Crippen molar-refractivity contribution >= 4 is 23.5 Å². The van der Waals surface area contributed by atoms with E-state index in [1.54, 1.807) is 11.0 Å². The number of hydrogen-bond donors (Lipinski definition) is 6. The Morgan fingerprint density at radius 1 is 1.14 bits per heavy atom. The van der Waals surface area contributed by atoms with Crippen LogP contribution >= 0.6 is 0 Å². The maximum atomic E-state index is 13.6. The maximum absolute atomic E-state index is 13.6. The predicted molar refractivity (Wildman–Crippen MR) is 125 cm³/mol. The summed E-state index contributed by atoms with van der Waals surface area (Å²) in [6.07, 6.45) is -0.0817. The zero-order valence-corrected chi connectivity index (χ0v) is 19.8. The van der Waals surface area contributed by atoms with Crippen LogP contribution in [0.4, 0.5) is 4.79 Å². The second-order valence-electron chi connectivity index (χ2n) is 9.77. The van der Waals surface area contributed by atoms with Crippen molar-refractivity contribution in [3.63, 3.8) is 0 Å². The van der Waals surface area contributed by atoms with Crippen molar-refractivity contribution in [3.05, 3.63) is 51.5 Å². The van der Waals surface area contributed by atoms with Gasteiger partial charge in [-0.15, -0.1) is 0 Å². The molecule has 1 saturated heterocycles. The number of amides is 3. The lowest BCUT2D eigenvalue weighted by molar-refractivity contribution is -0.144. The minimum Gasteiger partial charge on any atom is -0.511 e. The number of ketones is 2. The van der Waals surface area contributed by atoms with Crippen molar-refractivity contribution in [2.45, 2.75) is 31.4 Å². The first-order valence-electron chi connectivity index (χ1n) is 12.0. The van der Waals surface area contributed by atoms with E-state index in [0.717, 1.165) is 0 Å². The molecule has 12 heteroatoms. The third-order valence-corrected chi connectivity index (χ3v) is 7.77. The fourth-order valence-electron chi connectivity index (χ4n) is 5.90. The van der Waals surface area contributed by atoms with Crippen molar-refractivity contribution in [2.24, 2.45) is 17.6 Å². The van der Waals surface area contributed by atoms with Crippen LogP contribution in [0.3, 0.4) is 0 Å². The van der Waals surface area contributed by atoms with Crippen molar-refractivity contribution < 1.29 is 44.3 Å². The van der Waals surface area contributed by atoms with E-state index >= 15 is 0 Å². The first-order valence-corrected chi connectivity index (χ1v) is 12.0. The van der Waals surface area contributed by atoms with Gasteiger partial charge in [0.05, 0.1) is 18.8 Å². The molecule has 1 fully saturated rings. The number of allylic oxidation sites excluding steroid dienone is 2. The molecule has 4 aliphatic rings. The van der Waals surface area contributed by atoms with Gasteiger partial charge in [-0.1, -0.05) is 6.07 Å². The Morgan fingerprint density at radius 2 is 1.84 bits per heavy atom. The number of hydrogen-bond acceptors (Lipinski definition) is 9. The zero-order chi connectivity index (χ0) is 26.6. The summed E-state index contributed by atoms with van der Waals surface area (Å²) in [6, 6.07) is 2.62. The summed E-state index contributed by atoms with van der Waals surface area (Å²) < 4.78 is 5.25. The van der Waals surface area contributed by atoms with Gasteiger partial charge in [-0.2, -0.15) is 0 Å². The number of benzene rings is 1. The number of aliphatic hydroxyl groups excluding tert-OH is 2. The SMILES string of the molecule is NC(=O)C1=C(O)C[C@@H]2CC3Cc4c(CNC(=O)N5CCOCC5)ccc(O)c4C(=O)C3=C(O)[C@]2(O)C1=O. The lowest BCUT2D eigenvalue weighted by Gasteiger charge is -2.45. The molecule has 196 valence electrons. The minimum absolute atomic E-state index is 0.0398. The molecular formula is C25H27N3O9. The number of aromatic hydroxyl groups is 1. The quantitative estimate of drug-likeness (QED) is 0.304. The lowest BCUT2D eigenvalue weighted by atomic mass is 9.60. The first-order chi connectivity index (χ1) is 17.6. The summed E-state index contributed by atoms with van der Waals surface area (Å²) in [5.41, 5.74) is 2.56. The molecule has 3 atom stereocenters. The molecule has 7 N–H and O–H groups in total. The van der Waals surface area contributed by atoms with Gasteiger partial charge in [0, 0.05) is 37.5 Å². The van der Waals surface area contributed by atoms with E-state index in [-0.39, 0.29) is 48.7 Å². The second-order valence-corrected chi connectivity index (χ2v) is 9.77. The summed E-state index contributed by atoms with van der Waals surface area (Å²) in [5, 5.41) is 46.0. The van der Waals surface area contributed by atoms with Crippen molar-refractivity contribution in [2.75, 3.05) is 26.3 Å². The van der Waals surface area contributed by atoms with Crippen LogP contribution in [0.15, 0.2) is 34.8 Å². The average Bonchev–Trinajstić information content (AvgIpc) is 2.86. The summed E-state index contributed by atoms with van der Waals surface area (Å²) in [4.78, 5) is 52.5. The summed E-state index contributed by atoms with van der Waals surface area (Å²) in [5.74, 6) is -6.75. The molecule has 37 heavy (non-hydrogen) atoms. The van der Waals surface area contributed by atoms with E-state index in [1.807, 2.05) is 0 Å². The Hall–Kier alpha value is -3.90. The smallest absolute Gasteiger partial charge is 0.317 e. The Balaban J connectivity index is 1.50. The summed E-state index contributed by atoms with van der Waals surface area (Å²) in [6.45, 7) is 1.88. The molecule has 0 spiro atoms. The number of aliphatic hydroxyl groups is 3. The van der Waals surface area contributed by atoms with Crippen LogP contribution in [0.1, 0.15) is 34.3 Å². The van der Waals surface area contributed by atoms with Crippen molar-refractivity contribution in [3.8, 4) is 5.75 Å². The van der Waals surface area contributed by atoms with Crippen LogP contribution < -0.4 is 11.1 Å². The number of nitrogens with two attached hydrogens (primary N) is 1. The van der Waals surface area contributed by atoms with Gasteiger partial charge < -0.3 is 41.1 Å². The molecule has 0 saturated carbocycles. The molecular weight excluding hydrogens is 486 g/mol. The molecule has 0 bridgehead atoms. The first kappa shape index (κ1) is 24.8. The molecule has 5 rings (SSSR count). The lowest BCUT2D eigenvalue weighted by Crippen LogP contribution is -2.57. The maximum Gasteiger partial charge on any atom is 0.317 e. The second kappa shape index (κ2) is 8.89. The Morgan fingerprint density at radius 3 is 2.51 bits per heavy atom. The van der Waals surface area contributed by atoms with Gasteiger partial charge in [-0.3, -0.25) is 14.4 Å². The molecule has 0 aromatic heterocycles. The minimum atomic E-state index is -2.60. The number of carbonyl (C=O) groups excluding carboxylic acids is 4. The predicted octanol–water partition coefficient (Wildman–Crippen LogP) is 0.122. The van der Waals surface area contributed by atoms with Gasteiger partial charge in [0.15, 0.2) is 11.4 Å². The van der Waals surface area contributed by atoms with Gasteiger partial charge in [-0.25, -0.2) is 4.79 Å². The molecule has 3 amide bonds. The molecule has 1 aliphatic heterocycles. The number of phenols is 1. The van der Waals surface area contributed by atoms with Gasteiger partial charge in [0.25, 0.3) is 5.91 Å². The molecule has 1 heterocycles. The van der Waals surface area contributed by atoms with Crippen LogP contribution in [0, 0.1) is 11.8 Å². The number of primary amides is 1. The molecule has 12 nitrogen and oxygen atoms in total. The van der Waals surface area contributed by atoms with E-state index in [0.29, 0.717) is 37.4 Å². The third kappa shape index (κ3) is 3.75. The monoisotopic (exact) mass is 513 g/mol. The molecule has 0 radical (unpaired) electrons. The summed E-state index contributed by atoms with van der Waals surface area (Å²) >= 11 is 0. The number of nitrogens with zero attached hydrogens (tertiary/aromatic N) is 1. The van der Waals surface area contributed by atoms with E-state index in [9.17, 15) is 39.6 Å². The topological polar surface area (TPSA) is 200 Å². The number of carbonyl (C=O) groups is 4. The number of urea groups is 1. The standard InChI is InChI=1S/C25H27N3O9/c26-23(34)19-16(30)9-13-7-12-8-14-11(10-27-24(35)28-3-5-37-6-4-28)1-2-15(29)18(14)20(31)17(12)21(32)25(13,36)22(19)33/h1-2,12-13,29-30,32,36H,3-10H2,(H2,26,34)(H,27,35)/t12?,13-,25-/m0/s1. The average molecular weight is 514 g/mol. The van der Waals surface area contributed by atoms with Crippen molar-refractivity contribution in [1.82, 2.24) is 10.2 Å². The van der Waals surface area contributed by atoms with Gasteiger partial charge in [0.1, 0.15) is 22.8 Å². The highest BCUT2D eigenvalue weighted by Crippen LogP contribution is 2.51. The third-order valence-electron chi connectivity index (χ3n) is 7.77. The van der Waals surface area contributed by atoms with E-state index in [1.165, 1.54) is 6.07 Å². The van der Waals surface area contributed by atoms with E-state index < -0.39 is 52.0 Å². The van der Waals surface area contributed by atoms with Gasteiger partial charge in [0.2, 0.25) is 5.78 Å². The van der Waals surface area contributed by atoms with Crippen LogP contribution in [0.25, 0.3) is 0 Å². The fourth-order valence-corrected chi connectivity index (χ4v) is 5.90. The highest BCUT2D eigenvalue weighted by molar-refractivity contribution is 6.24. The van der Waals surface area contributed by atoms with Crippen molar-refractivity contribution in [1.29, 1.82) is 0 Å². The largest absolute Gasteiger partial charge is 0.511 e. The summed E-state index contributed by atoms with van der Waals surface area (Å²) in [7, 11) is 0. The molecule has 1 aromatic carbocycles. The van der Waals surface area contributed by atoms with Gasteiger partial charge in [-0.05, 0) is 36.0 Å². The van der Waals surface area contributed by atoms with Crippen LogP contribution in [-0.4, -0.2) is 80.7 Å². The van der Waals surface area contributed by atoms with Crippen LogP contribution in [0.5, 0.6) is 5.75 Å². The number of rotatable bonds is 3. The Labute approximate surface area is 211 Å². The van der Waals surface area contributed by atoms with E-state index in [2.05, 4.69) is 5.32 Å². The number of ether oxygens (including phenoxy) is 1. The number of Topliss-reactive ketones (excluding diaryl/α,β-unsaturated/α-hetero) is 2.